The molecule has 2 aromatic heterocycles. The molecule has 1 atom stereocenters. The number of hydrogen-bond donors (Lipinski definition) is 1. The number of aryl methyl sites for hydroxylation is 2. The van der Waals surface area contributed by atoms with Gasteiger partial charge in [-0.3, -0.25) is 0 Å². The van der Waals surface area contributed by atoms with Crippen LogP contribution in [-0.4, -0.2) is 4.98 Å². The molecule has 4 heteroatoms. The number of nitrogens with zero attached hydrogens (tertiary/aromatic N) is 1. The third-order valence-corrected chi connectivity index (χ3v) is 3.88. The van der Waals surface area contributed by atoms with Crippen molar-refractivity contribution in [1.29, 1.82) is 0 Å². The Labute approximate surface area is 106 Å². The maximum atomic E-state index is 5.55. The van der Waals surface area contributed by atoms with Crippen LogP contribution in [0.5, 0.6) is 0 Å². The van der Waals surface area contributed by atoms with Crippen LogP contribution in [0.15, 0.2) is 22.7 Å². The average molecular weight is 250 g/mol. The summed E-state index contributed by atoms with van der Waals surface area (Å²) in [6.45, 7) is 7.03. The molecule has 2 aromatic rings. The van der Waals surface area contributed by atoms with Crippen molar-refractivity contribution in [2.24, 2.45) is 0 Å². The van der Waals surface area contributed by atoms with E-state index < -0.39 is 0 Å². The first-order chi connectivity index (χ1) is 8.19. The predicted octanol–water partition coefficient (Wildman–Crippen LogP) is 3.46. The summed E-state index contributed by atoms with van der Waals surface area (Å²) in [6.07, 6.45) is 2.70. The molecule has 0 saturated heterocycles. The summed E-state index contributed by atoms with van der Waals surface area (Å²) in [6, 6.07) is 4.66. The molecule has 0 spiro atoms. The summed E-state index contributed by atoms with van der Waals surface area (Å²) < 4.78 is 5.55. The van der Waals surface area contributed by atoms with Gasteiger partial charge >= 0.3 is 0 Å². The zero-order valence-corrected chi connectivity index (χ0v) is 11.3. The normalized spacial score (nSPS) is 12.9. The monoisotopic (exact) mass is 250 g/mol. The molecule has 0 aliphatic heterocycles. The average Bonchev–Trinajstić information content (AvgIpc) is 2.94. The van der Waals surface area contributed by atoms with Crippen LogP contribution in [0.2, 0.25) is 0 Å². The lowest BCUT2D eigenvalue weighted by atomic mass is 10.3. The van der Waals surface area contributed by atoms with Crippen molar-refractivity contribution in [3.8, 4) is 0 Å². The van der Waals surface area contributed by atoms with Gasteiger partial charge in [0.25, 0.3) is 0 Å². The Morgan fingerprint density at radius 1 is 1.47 bits per heavy atom. The van der Waals surface area contributed by atoms with Gasteiger partial charge in [-0.05, 0) is 26.0 Å². The molecular formula is C13H18N2OS. The van der Waals surface area contributed by atoms with Crippen molar-refractivity contribution in [2.45, 2.75) is 39.8 Å². The first kappa shape index (κ1) is 12.3. The second-order valence-corrected chi connectivity index (χ2v) is 5.44. The minimum absolute atomic E-state index is 0.339. The molecule has 2 rings (SSSR count). The molecular weight excluding hydrogens is 232 g/mol. The highest BCUT2D eigenvalue weighted by atomic mass is 32.1. The van der Waals surface area contributed by atoms with E-state index in [1.807, 2.05) is 11.3 Å². The third kappa shape index (κ3) is 3.17. The van der Waals surface area contributed by atoms with Gasteiger partial charge in [0.1, 0.15) is 5.76 Å². The number of oxazole rings is 1. The smallest absolute Gasteiger partial charge is 0.208 e. The van der Waals surface area contributed by atoms with Crippen LogP contribution in [0.3, 0.4) is 0 Å². The molecule has 17 heavy (non-hydrogen) atoms. The predicted molar refractivity (Wildman–Crippen MR) is 70.2 cm³/mol. The minimum atomic E-state index is 0.339. The summed E-state index contributed by atoms with van der Waals surface area (Å²) in [5.41, 5.74) is 0. The molecule has 0 fully saturated rings. The van der Waals surface area contributed by atoms with Gasteiger partial charge in [0.05, 0.1) is 12.7 Å². The van der Waals surface area contributed by atoms with Gasteiger partial charge in [0.2, 0.25) is 5.89 Å². The molecule has 3 nitrogen and oxygen atoms in total. The topological polar surface area (TPSA) is 38.1 Å². The highest BCUT2D eigenvalue weighted by molar-refractivity contribution is 7.12. The van der Waals surface area contributed by atoms with Crippen molar-refractivity contribution >= 4 is 11.3 Å². The van der Waals surface area contributed by atoms with Gasteiger partial charge in [0.15, 0.2) is 0 Å². The van der Waals surface area contributed by atoms with E-state index in [0.29, 0.717) is 12.6 Å². The first-order valence-corrected chi connectivity index (χ1v) is 6.74. The number of nitrogens with one attached hydrogen (secondary N) is 1. The van der Waals surface area contributed by atoms with Gasteiger partial charge in [0, 0.05) is 22.2 Å². The molecule has 0 aliphatic rings. The lowest BCUT2D eigenvalue weighted by molar-refractivity contribution is 0.425. The zero-order valence-electron chi connectivity index (χ0n) is 10.5. The van der Waals surface area contributed by atoms with Crippen molar-refractivity contribution in [3.63, 3.8) is 0 Å². The van der Waals surface area contributed by atoms with Crippen LogP contribution in [0, 0.1) is 6.92 Å². The van der Waals surface area contributed by atoms with Crippen LogP contribution in [-0.2, 0) is 13.0 Å². The number of aromatic nitrogens is 1. The zero-order chi connectivity index (χ0) is 12.3. The van der Waals surface area contributed by atoms with E-state index in [9.17, 15) is 0 Å². The molecule has 1 unspecified atom stereocenters. The third-order valence-electron chi connectivity index (χ3n) is 2.70. The fraction of sp³-hybridized carbons (Fsp3) is 0.462. The number of rotatable bonds is 5. The van der Waals surface area contributed by atoms with Crippen molar-refractivity contribution < 1.29 is 4.42 Å². The fourth-order valence-electron chi connectivity index (χ4n) is 1.62. The maximum absolute atomic E-state index is 5.55. The van der Waals surface area contributed by atoms with Crippen molar-refractivity contribution in [3.05, 3.63) is 39.7 Å². The molecule has 0 radical (unpaired) electrons. The Morgan fingerprint density at radius 2 is 2.29 bits per heavy atom. The molecule has 0 saturated carbocycles. The SMILES string of the molecule is CCc1cnc(CNC(C)c2ccc(C)s2)o1. The molecule has 0 aromatic carbocycles. The van der Waals surface area contributed by atoms with Gasteiger partial charge in [-0.25, -0.2) is 4.98 Å². The second kappa shape index (κ2) is 5.47. The second-order valence-electron chi connectivity index (χ2n) is 4.12. The van der Waals surface area contributed by atoms with Crippen LogP contribution >= 0.6 is 11.3 Å². The summed E-state index contributed by atoms with van der Waals surface area (Å²) in [5, 5.41) is 3.42. The Morgan fingerprint density at radius 3 is 2.88 bits per heavy atom. The quantitative estimate of drug-likeness (QED) is 0.883. The van der Waals surface area contributed by atoms with E-state index in [1.54, 1.807) is 6.20 Å². The fourth-order valence-corrected chi connectivity index (χ4v) is 2.52. The minimum Gasteiger partial charge on any atom is -0.444 e. The number of hydrogen-bond acceptors (Lipinski definition) is 4. The van der Waals surface area contributed by atoms with E-state index >= 15 is 0 Å². The van der Waals surface area contributed by atoms with Crippen molar-refractivity contribution in [1.82, 2.24) is 10.3 Å². The van der Waals surface area contributed by atoms with E-state index in [1.165, 1.54) is 9.75 Å². The summed E-state index contributed by atoms with van der Waals surface area (Å²) in [7, 11) is 0. The van der Waals surface area contributed by atoms with Gasteiger partial charge in [-0.15, -0.1) is 11.3 Å². The first-order valence-electron chi connectivity index (χ1n) is 5.92. The lowest BCUT2D eigenvalue weighted by Gasteiger charge is -2.09. The molecule has 0 bridgehead atoms. The van der Waals surface area contributed by atoms with E-state index in [0.717, 1.165) is 18.1 Å². The Balaban J connectivity index is 1.89. The summed E-state index contributed by atoms with van der Waals surface area (Å²) in [4.78, 5) is 6.93. The van der Waals surface area contributed by atoms with Crippen molar-refractivity contribution in [2.75, 3.05) is 0 Å². The highest BCUT2D eigenvalue weighted by Crippen LogP contribution is 2.22. The van der Waals surface area contributed by atoms with E-state index in [-0.39, 0.29) is 0 Å². The van der Waals surface area contributed by atoms with Crippen LogP contribution in [0.25, 0.3) is 0 Å². The molecule has 0 aliphatic carbocycles. The molecule has 1 N–H and O–H groups in total. The van der Waals surface area contributed by atoms with E-state index in [4.69, 9.17) is 4.42 Å². The van der Waals surface area contributed by atoms with Crippen LogP contribution in [0.4, 0.5) is 0 Å². The van der Waals surface area contributed by atoms with E-state index in [2.05, 4.69) is 43.2 Å². The molecule has 0 amide bonds. The van der Waals surface area contributed by atoms with Crippen LogP contribution in [0.1, 0.15) is 41.3 Å². The Bertz CT molecular complexity index is 475. The molecule has 92 valence electrons. The van der Waals surface area contributed by atoms with Gasteiger partial charge in [-0.1, -0.05) is 6.92 Å². The Hall–Kier alpha value is -1.13. The summed E-state index contributed by atoms with van der Waals surface area (Å²) >= 11 is 1.83. The maximum Gasteiger partial charge on any atom is 0.208 e. The van der Waals surface area contributed by atoms with Gasteiger partial charge < -0.3 is 9.73 Å². The highest BCUT2D eigenvalue weighted by Gasteiger charge is 2.09. The standard InChI is InChI=1S/C13H18N2OS/c1-4-11-7-15-13(16-11)8-14-10(3)12-6-5-9(2)17-12/h5-7,10,14H,4,8H2,1-3H3. The lowest BCUT2D eigenvalue weighted by Crippen LogP contribution is -2.17. The Kier molecular flexibility index (Phi) is 3.97. The van der Waals surface area contributed by atoms with Crippen LogP contribution < -0.4 is 5.32 Å². The molecule has 2 heterocycles. The summed E-state index contributed by atoms with van der Waals surface area (Å²) in [5.74, 6) is 1.71. The van der Waals surface area contributed by atoms with Gasteiger partial charge in [-0.2, -0.15) is 0 Å². The number of thiophene rings is 1. The largest absolute Gasteiger partial charge is 0.444 e.